The summed E-state index contributed by atoms with van der Waals surface area (Å²) in [6.45, 7) is 6.07. The third kappa shape index (κ3) is 28.1. The number of nitrogens with zero attached hydrogens (tertiary/aromatic N) is 4. The van der Waals surface area contributed by atoms with Crippen molar-refractivity contribution in [3.63, 3.8) is 0 Å². The molecular formula is C59H88FN7O22. The summed E-state index contributed by atoms with van der Waals surface area (Å²) < 4.78 is 93.1. The molecule has 0 saturated carbocycles. The van der Waals surface area contributed by atoms with E-state index in [1.807, 2.05) is 12.1 Å². The number of hydrogen-bond donors (Lipinski definition) is 8. The number of rotatable bonds is 47. The van der Waals surface area contributed by atoms with Crippen molar-refractivity contribution in [1.29, 1.82) is 0 Å². The van der Waals surface area contributed by atoms with Gasteiger partial charge in [0.25, 0.3) is 0 Å². The van der Waals surface area contributed by atoms with Crippen LogP contribution in [0.25, 0.3) is 28.0 Å². The number of aromatic hydroxyl groups is 1. The highest BCUT2D eigenvalue weighted by Gasteiger charge is 2.37. The van der Waals surface area contributed by atoms with Crippen molar-refractivity contribution >= 4 is 28.6 Å². The van der Waals surface area contributed by atoms with Crippen molar-refractivity contribution in [3.05, 3.63) is 60.5 Å². The van der Waals surface area contributed by atoms with Crippen LogP contribution >= 0.6 is 0 Å². The number of phenolic OH excluding ortho intramolecular Hbond substituents is 1. The van der Waals surface area contributed by atoms with Crippen LogP contribution in [-0.4, -0.2) is 278 Å². The maximum absolute atomic E-state index is 13.9. The van der Waals surface area contributed by atoms with Gasteiger partial charge in [0.2, 0.25) is 17.7 Å². The predicted molar refractivity (Wildman–Crippen MR) is 312 cm³/mol. The van der Waals surface area contributed by atoms with Crippen LogP contribution in [-0.2, 0) is 76.0 Å². The molecular weight excluding hydrogens is 1180 g/mol. The van der Waals surface area contributed by atoms with E-state index < -0.39 is 60.5 Å². The summed E-state index contributed by atoms with van der Waals surface area (Å²) in [5.74, 6) is -1.44. The van der Waals surface area contributed by atoms with Gasteiger partial charge in [0, 0.05) is 63.9 Å². The van der Waals surface area contributed by atoms with Crippen LogP contribution in [0.15, 0.2) is 54.7 Å². The number of amides is 3. The molecule has 2 fully saturated rings. The smallest absolute Gasteiger partial charge is 0.222 e. The number of ether oxygens (including phenoxy) is 14. The van der Waals surface area contributed by atoms with E-state index >= 15 is 0 Å². The van der Waals surface area contributed by atoms with Crippen molar-refractivity contribution in [1.82, 2.24) is 35.9 Å². The molecule has 0 aliphatic carbocycles. The summed E-state index contributed by atoms with van der Waals surface area (Å²) in [7, 11) is 1.47. The molecule has 8 atom stereocenters. The monoisotopic (exact) mass is 1270 g/mol. The molecule has 2 aromatic heterocycles. The summed E-state index contributed by atoms with van der Waals surface area (Å²) in [5.41, 5.74) is 2.07. The Balaban J connectivity index is 0.807. The van der Waals surface area contributed by atoms with Gasteiger partial charge in [-0.25, -0.2) is 14.1 Å². The summed E-state index contributed by atoms with van der Waals surface area (Å²) in [4.78, 5) is 42.9. The number of aromatic nitrogens is 4. The molecule has 2 aromatic carbocycles. The lowest BCUT2D eigenvalue weighted by atomic mass is 10.0. The van der Waals surface area contributed by atoms with Gasteiger partial charge in [0.1, 0.15) is 35.9 Å². The number of benzene rings is 2. The van der Waals surface area contributed by atoms with Crippen LogP contribution in [0.2, 0.25) is 0 Å². The highest BCUT2D eigenvalue weighted by molar-refractivity contribution is 5.82. The normalized spacial score (nSPS) is 19.7. The molecule has 0 bridgehead atoms. The van der Waals surface area contributed by atoms with E-state index in [1.165, 1.54) is 23.9 Å². The molecule has 1 unspecified atom stereocenters. The molecule has 498 valence electrons. The van der Waals surface area contributed by atoms with E-state index in [9.17, 15) is 44.3 Å². The molecule has 0 spiro atoms. The highest BCUT2D eigenvalue weighted by atomic mass is 19.1. The number of hydrogen-bond acceptors (Lipinski definition) is 25. The minimum absolute atomic E-state index is 0.0363. The maximum atomic E-state index is 13.9. The molecule has 6 rings (SSSR count). The van der Waals surface area contributed by atoms with Gasteiger partial charge in [-0.05, 0) is 49.2 Å². The fourth-order valence-corrected chi connectivity index (χ4v) is 8.75. The number of pyridine rings is 1. The molecule has 0 radical (unpaired) electrons. The first-order valence-electron chi connectivity index (χ1n) is 29.9. The molecule has 2 saturated heterocycles. The van der Waals surface area contributed by atoms with Crippen molar-refractivity contribution in [2.75, 3.05) is 166 Å². The molecule has 3 amide bonds. The predicted octanol–water partition coefficient (Wildman–Crippen LogP) is 0.143. The van der Waals surface area contributed by atoms with E-state index in [0.29, 0.717) is 120 Å². The number of methoxy groups -OCH3 is 1. The van der Waals surface area contributed by atoms with Gasteiger partial charge in [-0.3, -0.25) is 14.4 Å². The number of phenols is 1. The Morgan fingerprint density at radius 1 is 0.640 bits per heavy atom. The zero-order valence-corrected chi connectivity index (χ0v) is 50.4. The van der Waals surface area contributed by atoms with Gasteiger partial charge in [-0.2, -0.15) is 0 Å². The Bertz CT molecular complexity index is 2630. The second-order valence-electron chi connectivity index (χ2n) is 20.5. The van der Waals surface area contributed by atoms with Gasteiger partial charge in [-0.15, -0.1) is 5.10 Å². The standard InChI is InChI=1S/C59H88FN7O22/c1-76-57-35-51(70)59(75)53(89-57)40-86-32-30-82-28-26-80-24-22-78-20-14-62-55(72)12-17-84-38-42(37-83-16-11-54(71)61-13-19-77-21-23-79-25-27-81-29-31-85-39-52-58(74)50(69)10-18-88-52)63-56(73)3-2-15-87-44-6-8-46-41(33-44)4-7-47(64-46)48-36-67(66-65-48)43-5-9-49(68)45(60)34-43/h4-9,33-34,36,42,50-53,57-59,68-70,74-75H,2-3,10-32,35,37-40H2,1H3,(H,61,71)(H,62,72)(H,63,73)/t42?,50-,51-,52-,53-,57+,58-,59-/m1/s1. The fourth-order valence-electron chi connectivity index (χ4n) is 8.75. The SMILES string of the molecule is CO[C@@H]1C[C@@H](O)[C@@H](O)[C@@H](COCCOCCOCCOCCNC(=O)CCOCC(COCCC(=O)NCCOCCOCCOCCOC[C@H]2OCC[C@@H](O)[C@H]2O)NC(=O)CCCOc2ccc3nc(-c4cn(-c5ccc(O)c(F)c5)nn4)ccc3c2)O1. The van der Waals surface area contributed by atoms with Crippen LogP contribution in [0, 0.1) is 5.82 Å². The second-order valence-corrected chi connectivity index (χ2v) is 20.5. The summed E-state index contributed by atoms with van der Waals surface area (Å²) in [6.07, 6.45) is -2.84. The first-order chi connectivity index (χ1) is 43.4. The van der Waals surface area contributed by atoms with E-state index in [2.05, 4.69) is 26.3 Å². The molecule has 2 aliphatic rings. The average molecular weight is 1270 g/mol. The Hall–Kier alpha value is -5.75. The molecule has 30 heteroatoms. The molecule has 4 aromatic rings. The summed E-state index contributed by atoms with van der Waals surface area (Å²) in [6, 6.07) is 12.4. The van der Waals surface area contributed by atoms with Crippen LogP contribution in [0.5, 0.6) is 11.5 Å². The Kier molecular flexibility index (Phi) is 34.4. The molecule has 89 heavy (non-hydrogen) atoms. The lowest BCUT2D eigenvalue weighted by Gasteiger charge is -2.36. The van der Waals surface area contributed by atoms with Crippen LogP contribution in [0.4, 0.5) is 4.39 Å². The topological polar surface area (TPSA) is 361 Å². The number of aliphatic hydroxyl groups is 4. The van der Waals surface area contributed by atoms with E-state index in [0.717, 1.165) is 11.5 Å². The number of fused-ring (bicyclic) bond motifs is 1. The van der Waals surface area contributed by atoms with Gasteiger partial charge >= 0.3 is 0 Å². The molecule has 29 nitrogen and oxygen atoms in total. The van der Waals surface area contributed by atoms with Crippen molar-refractivity contribution in [2.24, 2.45) is 0 Å². The minimum Gasteiger partial charge on any atom is -0.505 e. The largest absolute Gasteiger partial charge is 0.505 e. The summed E-state index contributed by atoms with van der Waals surface area (Å²) >= 11 is 0. The van der Waals surface area contributed by atoms with Gasteiger partial charge in [0.05, 0.1) is 180 Å². The van der Waals surface area contributed by atoms with Crippen LogP contribution in [0.3, 0.4) is 0 Å². The zero-order chi connectivity index (χ0) is 63.3. The number of carbonyl (C=O) groups excluding carboxylic acids is 3. The van der Waals surface area contributed by atoms with Crippen molar-refractivity contribution < 1.29 is 111 Å². The van der Waals surface area contributed by atoms with Crippen molar-refractivity contribution in [3.8, 4) is 28.6 Å². The van der Waals surface area contributed by atoms with Gasteiger partial charge in [-0.1, -0.05) is 11.3 Å². The van der Waals surface area contributed by atoms with Crippen LogP contribution < -0.4 is 20.7 Å². The number of nitrogens with one attached hydrogen (secondary N) is 3. The zero-order valence-electron chi connectivity index (χ0n) is 50.4. The third-order valence-electron chi connectivity index (χ3n) is 13.6. The molecule has 2 aliphatic heterocycles. The number of carbonyl (C=O) groups is 3. The maximum Gasteiger partial charge on any atom is 0.222 e. The van der Waals surface area contributed by atoms with Gasteiger partial charge < -0.3 is 108 Å². The quantitative estimate of drug-likeness (QED) is 0.0273. The Morgan fingerprint density at radius 3 is 1.83 bits per heavy atom. The summed E-state index contributed by atoms with van der Waals surface area (Å²) in [5, 5.41) is 66.8. The minimum atomic E-state index is -1.06. The first kappa shape index (κ1) is 72.3. The van der Waals surface area contributed by atoms with E-state index in [1.54, 1.807) is 24.4 Å². The number of halogens is 1. The molecule has 8 N–H and O–H groups in total. The second kappa shape index (κ2) is 42.3. The number of aliphatic hydroxyl groups excluding tert-OH is 4. The van der Waals surface area contributed by atoms with Crippen molar-refractivity contribution in [2.45, 2.75) is 87.5 Å². The highest BCUT2D eigenvalue weighted by Crippen LogP contribution is 2.26. The Labute approximate surface area is 515 Å². The van der Waals surface area contributed by atoms with Crippen LogP contribution in [0.1, 0.15) is 38.5 Å². The van der Waals surface area contributed by atoms with E-state index in [4.69, 9.17) is 71.3 Å². The Morgan fingerprint density at radius 2 is 1.22 bits per heavy atom. The lowest BCUT2D eigenvalue weighted by Crippen LogP contribution is -2.50. The van der Waals surface area contributed by atoms with E-state index in [-0.39, 0.29) is 123 Å². The van der Waals surface area contributed by atoms with Gasteiger partial charge in [0.15, 0.2) is 17.9 Å². The molecule has 4 heterocycles. The average Bonchev–Trinajstić information content (AvgIpc) is 2.95. The fraction of sp³-hybridized carbons (Fsp3) is 0.661. The third-order valence-corrected chi connectivity index (χ3v) is 13.6. The lowest BCUT2D eigenvalue weighted by molar-refractivity contribution is -0.252. The first-order valence-corrected chi connectivity index (χ1v) is 29.9.